The molecule has 0 rings (SSSR count). The summed E-state index contributed by atoms with van der Waals surface area (Å²) in [5, 5.41) is 7.94. The predicted octanol–water partition coefficient (Wildman–Crippen LogP) is 0.826. The largest absolute Gasteiger partial charge is 0.505 e. The van der Waals surface area contributed by atoms with Gasteiger partial charge in [-0.05, 0) is 6.08 Å². The molecule has 10 heavy (non-hydrogen) atoms. The first-order chi connectivity index (χ1) is 4.66. The fourth-order valence-corrected chi connectivity index (χ4v) is 0.341. The second-order valence-electron chi connectivity index (χ2n) is 1.53. The lowest BCUT2D eigenvalue weighted by Crippen LogP contribution is -2.05. The van der Waals surface area contributed by atoms with Crippen molar-refractivity contribution in [3.8, 4) is 0 Å². The van der Waals surface area contributed by atoms with Gasteiger partial charge in [0.25, 0.3) is 0 Å². The number of carbonyl (C=O) groups excluding carboxylic acids is 1. The molecule has 0 unspecified atom stereocenters. The molecule has 0 atom stereocenters. The summed E-state index contributed by atoms with van der Waals surface area (Å²) in [6.07, 6.45) is -0.169. The minimum absolute atomic E-state index is 0.0653. The van der Waals surface area contributed by atoms with Gasteiger partial charge in [-0.15, -0.1) is 0 Å². The van der Waals surface area contributed by atoms with Crippen molar-refractivity contribution in [2.24, 2.45) is 0 Å². The second-order valence-corrected chi connectivity index (χ2v) is 1.53. The molecule has 0 saturated carbocycles. The van der Waals surface area contributed by atoms with E-state index in [1.165, 1.54) is 0 Å². The average molecular weight is 144 g/mol. The number of carbonyl (C=O) groups is 2. The molecule has 0 saturated heterocycles. The van der Waals surface area contributed by atoms with Crippen LogP contribution in [0, 0.1) is 0 Å². The van der Waals surface area contributed by atoms with E-state index in [1.807, 2.05) is 0 Å². The van der Waals surface area contributed by atoms with Crippen molar-refractivity contribution in [3.05, 3.63) is 12.7 Å². The Hall–Kier alpha value is -1.32. The standard InChI is InChI=1S/C6H8O4/c1-2-5(7)3-4-10-6(8)9/h2H,1,3-4H2,(H,8,9). The third kappa shape index (κ3) is 4.83. The van der Waals surface area contributed by atoms with Gasteiger partial charge in [-0.2, -0.15) is 0 Å². The summed E-state index contributed by atoms with van der Waals surface area (Å²) in [6.45, 7) is 3.11. The summed E-state index contributed by atoms with van der Waals surface area (Å²) in [7, 11) is 0. The molecule has 0 aliphatic rings. The molecule has 0 aliphatic carbocycles. The number of allylic oxidation sites excluding steroid dienone is 1. The number of carboxylic acid groups (broad SMARTS) is 1. The Morgan fingerprint density at radius 3 is 2.60 bits per heavy atom. The maximum atomic E-state index is 10.4. The Labute approximate surface area is 58.1 Å². The lowest BCUT2D eigenvalue weighted by atomic mass is 10.3. The monoisotopic (exact) mass is 144 g/mol. The van der Waals surface area contributed by atoms with E-state index in [-0.39, 0.29) is 18.8 Å². The zero-order valence-corrected chi connectivity index (χ0v) is 5.37. The van der Waals surface area contributed by atoms with Crippen LogP contribution in [0.15, 0.2) is 12.7 Å². The summed E-state index contributed by atoms with van der Waals surface area (Å²) < 4.78 is 4.06. The van der Waals surface area contributed by atoms with Crippen LogP contribution in [0.1, 0.15) is 6.42 Å². The van der Waals surface area contributed by atoms with E-state index in [0.717, 1.165) is 6.08 Å². The van der Waals surface area contributed by atoms with Crippen LogP contribution < -0.4 is 0 Å². The van der Waals surface area contributed by atoms with Crippen molar-refractivity contribution in [1.82, 2.24) is 0 Å². The molecule has 1 N–H and O–H groups in total. The van der Waals surface area contributed by atoms with Gasteiger partial charge in [-0.1, -0.05) is 6.58 Å². The molecule has 0 heterocycles. The fraction of sp³-hybridized carbons (Fsp3) is 0.333. The lowest BCUT2D eigenvalue weighted by Gasteiger charge is -1.95. The molecule has 0 radical (unpaired) electrons. The zero-order valence-electron chi connectivity index (χ0n) is 5.37. The van der Waals surface area contributed by atoms with Crippen LogP contribution in [0.3, 0.4) is 0 Å². The SMILES string of the molecule is C=CC(=O)CCOC(=O)O. The summed E-state index contributed by atoms with van der Waals surface area (Å²) in [6, 6.07) is 0. The van der Waals surface area contributed by atoms with Crippen molar-refractivity contribution < 1.29 is 19.4 Å². The topological polar surface area (TPSA) is 63.6 Å². The molecule has 0 fully saturated rings. The van der Waals surface area contributed by atoms with Crippen LogP contribution in [-0.4, -0.2) is 23.7 Å². The number of rotatable bonds is 4. The molecule has 0 aromatic carbocycles. The summed E-state index contributed by atoms with van der Waals surface area (Å²) in [5.41, 5.74) is 0. The number of hydrogen-bond donors (Lipinski definition) is 1. The van der Waals surface area contributed by atoms with Gasteiger partial charge >= 0.3 is 6.16 Å². The molecular formula is C6H8O4. The average Bonchev–Trinajstić information content (AvgIpc) is 1.87. The van der Waals surface area contributed by atoms with E-state index in [1.54, 1.807) is 0 Å². The molecule has 56 valence electrons. The van der Waals surface area contributed by atoms with E-state index in [0.29, 0.717) is 0 Å². The maximum Gasteiger partial charge on any atom is 0.505 e. The summed E-state index contributed by atoms with van der Waals surface area (Å²) in [5.74, 6) is -0.221. The molecule has 4 nitrogen and oxygen atoms in total. The zero-order chi connectivity index (χ0) is 7.98. The van der Waals surface area contributed by atoms with E-state index in [2.05, 4.69) is 11.3 Å². The Kier molecular flexibility index (Phi) is 3.95. The molecule has 0 aromatic heterocycles. The van der Waals surface area contributed by atoms with Gasteiger partial charge in [0.2, 0.25) is 0 Å². The quantitative estimate of drug-likeness (QED) is 0.468. The van der Waals surface area contributed by atoms with Crippen molar-refractivity contribution in [1.29, 1.82) is 0 Å². The Morgan fingerprint density at radius 1 is 1.60 bits per heavy atom. The fourth-order valence-electron chi connectivity index (χ4n) is 0.341. The highest BCUT2D eigenvalue weighted by atomic mass is 16.7. The van der Waals surface area contributed by atoms with E-state index in [9.17, 15) is 9.59 Å². The number of ketones is 1. The highest BCUT2D eigenvalue weighted by Crippen LogP contribution is 1.86. The van der Waals surface area contributed by atoms with Gasteiger partial charge < -0.3 is 9.84 Å². The van der Waals surface area contributed by atoms with Gasteiger partial charge in [0.15, 0.2) is 5.78 Å². The van der Waals surface area contributed by atoms with Gasteiger partial charge in [-0.3, -0.25) is 4.79 Å². The van der Waals surface area contributed by atoms with Crippen LogP contribution >= 0.6 is 0 Å². The Bertz CT molecular complexity index is 150. The highest BCUT2D eigenvalue weighted by Gasteiger charge is 1.98. The smallest absolute Gasteiger partial charge is 0.450 e. The van der Waals surface area contributed by atoms with Crippen LogP contribution in [0.5, 0.6) is 0 Å². The molecular weight excluding hydrogens is 136 g/mol. The molecule has 4 heteroatoms. The molecule has 0 aromatic rings. The van der Waals surface area contributed by atoms with Gasteiger partial charge in [0.05, 0.1) is 0 Å². The van der Waals surface area contributed by atoms with Crippen molar-refractivity contribution in [2.45, 2.75) is 6.42 Å². The first-order valence-electron chi connectivity index (χ1n) is 2.68. The first-order valence-corrected chi connectivity index (χ1v) is 2.68. The van der Waals surface area contributed by atoms with Gasteiger partial charge in [-0.25, -0.2) is 4.79 Å². The normalized spacial score (nSPS) is 8.40. The van der Waals surface area contributed by atoms with Crippen LogP contribution in [-0.2, 0) is 9.53 Å². The van der Waals surface area contributed by atoms with Crippen LogP contribution in [0.25, 0.3) is 0 Å². The van der Waals surface area contributed by atoms with E-state index < -0.39 is 6.16 Å². The molecule has 0 amide bonds. The Balaban J connectivity index is 3.28. The van der Waals surface area contributed by atoms with E-state index in [4.69, 9.17) is 5.11 Å². The van der Waals surface area contributed by atoms with Crippen molar-refractivity contribution in [2.75, 3.05) is 6.61 Å². The van der Waals surface area contributed by atoms with E-state index >= 15 is 0 Å². The van der Waals surface area contributed by atoms with Crippen LogP contribution in [0.2, 0.25) is 0 Å². The third-order valence-electron chi connectivity index (χ3n) is 0.802. The highest BCUT2D eigenvalue weighted by molar-refractivity contribution is 5.89. The minimum Gasteiger partial charge on any atom is -0.450 e. The number of hydrogen-bond acceptors (Lipinski definition) is 3. The van der Waals surface area contributed by atoms with Crippen molar-refractivity contribution in [3.63, 3.8) is 0 Å². The third-order valence-corrected chi connectivity index (χ3v) is 0.802. The van der Waals surface area contributed by atoms with Crippen LogP contribution in [0.4, 0.5) is 4.79 Å². The predicted molar refractivity (Wildman–Crippen MR) is 33.8 cm³/mol. The lowest BCUT2D eigenvalue weighted by molar-refractivity contribution is -0.115. The second kappa shape index (κ2) is 4.55. The van der Waals surface area contributed by atoms with Crippen molar-refractivity contribution >= 4 is 11.9 Å². The minimum atomic E-state index is -1.36. The summed E-state index contributed by atoms with van der Waals surface area (Å²) in [4.78, 5) is 20.1. The molecule has 0 bridgehead atoms. The maximum absolute atomic E-state index is 10.4. The Morgan fingerprint density at radius 2 is 2.20 bits per heavy atom. The summed E-state index contributed by atoms with van der Waals surface area (Å²) >= 11 is 0. The molecule has 0 aliphatic heterocycles. The number of ether oxygens (including phenoxy) is 1. The molecule has 0 spiro atoms. The van der Waals surface area contributed by atoms with Gasteiger partial charge in [0, 0.05) is 6.42 Å². The first kappa shape index (κ1) is 8.68. The van der Waals surface area contributed by atoms with Gasteiger partial charge in [0.1, 0.15) is 6.61 Å².